The van der Waals surface area contributed by atoms with Crippen LogP contribution in [0.4, 0.5) is 10.5 Å². The summed E-state index contributed by atoms with van der Waals surface area (Å²) in [7, 11) is 0. The lowest BCUT2D eigenvalue weighted by molar-refractivity contribution is -0.117. The quantitative estimate of drug-likeness (QED) is 0.745. The molecule has 3 amide bonds. The van der Waals surface area contributed by atoms with E-state index < -0.39 is 0 Å². The first-order valence-electron chi connectivity index (χ1n) is 9.73. The highest BCUT2D eigenvalue weighted by atomic mass is 16.6. The molecule has 1 aromatic rings. The third kappa shape index (κ3) is 4.00. The summed E-state index contributed by atoms with van der Waals surface area (Å²) >= 11 is 0. The molecule has 4 rings (SSSR count). The third-order valence-corrected chi connectivity index (χ3v) is 5.37. The second kappa shape index (κ2) is 8.24. The summed E-state index contributed by atoms with van der Waals surface area (Å²) in [6, 6.07) is 5.12. The minimum absolute atomic E-state index is 0.0188. The Bertz CT molecular complexity index is 735. The van der Waals surface area contributed by atoms with Gasteiger partial charge in [0.05, 0.1) is 12.6 Å². The number of fused-ring (bicyclic) bond motifs is 1. The Hall–Kier alpha value is -2.52. The van der Waals surface area contributed by atoms with Crippen molar-refractivity contribution in [3.8, 4) is 11.5 Å². The molecule has 9 heteroatoms. The van der Waals surface area contributed by atoms with Gasteiger partial charge in [0.2, 0.25) is 5.91 Å². The molecule has 0 radical (unpaired) electrons. The molecule has 1 aromatic carbocycles. The standard InChI is InChI=1S/C19H26N4O5/c24-8-7-21-3-5-22(6-4-21)19(26)20-14-11-18(25)23(13-14)15-1-2-16-17(12-15)28-10-9-27-16/h1-2,12,14,24H,3-11,13H2,(H,20,26)/t14-/m1/s1. The van der Waals surface area contributed by atoms with E-state index >= 15 is 0 Å². The molecular weight excluding hydrogens is 364 g/mol. The highest BCUT2D eigenvalue weighted by molar-refractivity contribution is 5.97. The van der Waals surface area contributed by atoms with Gasteiger partial charge < -0.3 is 29.7 Å². The zero-order chi connectivity index (χ0) is 19.5. The van der Waals surface area contributed by atoms with E-state index in [9.17, 15) is 9.59 Å². The van der Waals surface area contributed by atoms with Crippen molar-refractivity contribution in [1.82, 2.24) is 15.1 Å². The minimum Gasteiger partial charge on any atom is -0.486 e. The van der Waals surface area contributed by atoms with Crippen molar-refractivity contribution in [2.24, 2.45) is 0 Å². The van der Waals surface area contributed by atoms with Gasteiger partial charge in [0.15, 0.2) is 11.5 Å². The topological polar surface area (TPSA) is 94.6 Å². The second-order valence-corrected chi connectivity index (χ2v) is 7.24. The maximum atomic E-state index is 12.5. The van der Waals surface area contributed by atoms with Gasteiger partial charge in [0, 0.05) is 57.4 Å². The normalized spacial score (nSPS) is 22.5. The van der Waals surface area contributed by atoms with Gasteiger partial charge >= 0.3 is 6.03 Å². The largest absolute Gasteiger partial charge is 0.486 e. The van der Waals surface area contributed by atoms with Crippen molar-refractivity contribution in [2.75, 3.05) is 64.0 Å². The van der Waals surface area contributed by atoms with Gasteiger partial charge in [-0.2, -0.15) is 0 Å². The number of piperazine rings is 1. The predicted octanol–water partition coefficient (Wildman–Crippen LogP) is -0.117. The maximum Gasteiger partial charge on any atom is 0.317 e. The first kappa shape index (κ1) is 18.8. The van der Waals surface area contributed by atoms with E-state index in [0.29, 0.717) is 50.9 Å². The molecule has 3 heterocycles. The van der Waals surface area contributed by atoms with Crippen molar-refractivity contribution < 1.29 is 24.2 Å². The molecule has 28 heavy (non-hydrogen) atoms. The molecule has 2 saturated heterocycles. The fourth-order valence-corrected chi connectivity index (χ4v) is 3.84. The smallest absolute Gasteiger partial charge is 0.317 e. The number of benzene rings is 1. The van der Waals surface area contributed by atoms with E-state index in [2.05, 4.69) is 10.2 Å². The average Bonchev–Trinajstić information content (AvgIpc) is 3.08. The Morgan fingerprint density at radius 3 is 2.64 bits per heavy atom. The number of β-amino-alcohol motifs (C(OH)–C–C–N with tert-alkyl or cyclic N) is 1. The van der Waals surface area contributed by atoms with Gasteiger partial charge in [0.25, 0.3) is 0 Å². The van der Waals surface area contributed by atoms with Crippen molar-refractivity contribution in [1.29, 1.82) is 0 Å². The van der Waals surface area contributed by atoms with Crippen LogP contribution in [0.25, 0.3) is 0 Å². The number of nitrogens with zero attached hydrogens (tertiary/aromatic N) is 3. The fourth-order valence-electron chi connectivity index (χ4n) is 3.84. The van der Waals surface area contributed by atoms with Crippen LogP contribution in [0.1, 0.15) is 6.42 Å². The summed E-state index contributed by atoms with van der Waals surface area (Å²) in [5, 5.41) is 12.0. The van der Waals surface area contributed by atoms with Crippen molar-refractivity contribution in [3.05, 3.63) is 18.2 Å². The van der Waals surface area contributed by atoms with Crippen LogP contribution in [0.3, 0.4) is 0 Å². The first-order valence-corrected chi connectivity index (χ1v) is 9.73. The van der Waals surface area contributed by atoms with E-state index in [1.54, 1.807) is 9.80 Å². The molecule has 0 saturated carbocycles. The summed E-state index contributed by atoms with van der Waals surface area (Å²) in [6.45, 7) is 4.97. The van der Waals surface area contributed by atoms with Gasteiger partial charge in [-0.1, -0.05) is 0 Å². The van der Waals surface area contributed by atoms with E-state index in [1.807, 2.05) is 18.2 Å². The van der Waals surface area contributed by atoms with Crippen LogP contribution in [0.5, 0.6) is 11.5 Å². The molecule has 0 aliphatic carbocycles. The number of hydrogen-bond acceptors (Lipinski definition) is 6. The third-order valence-electron chi connectivity index (χ3n) is 5.37. The molecule has 0 aromatic heterocycles. The molecule has 0 unspecified atom stereocenters. The second-order valence-electron chi connectivity index (χ2n) is 7.24. The van der Waals surface area contributed by atoms with E-state index in [0.717, 1.165) is 18.8 Å². The van der Waals surface area contributed by atoms with E-state index in [-0.39, 0.29) is 31.0 Å². The van der Waals surface area contributed by atoms with Crippen LogP contribution >= 0.6 is 0 Å². The Morgan fingerprint density at radius 1 is 1.14 bits per heavy atom. The number of carbonyl (C=O) groups excluding carboxylic acids is 2. The zero-order valence-corrected chi connectivity index (χ0v) is 15.8. The Labute approximate surface area is 163 Å². The average molecular weight is 390 g/mol. The number of nitrogens with one attached hydrogen (secondary N) is 1. The van der Waals surface area contributed by atoms with Crippen molar-refractivity contribution in [3.63, 3.8) is 0 Å². The Morgan fingerprint density at radius 2 is 1.89 bits per heavy atom. The number of anilines is 1. The van der Waals surface area contributed by atoms with Gasteiger partial charge in [-0.3, -0.25) is 9.69 Å². The van der Waals surface area contributed by atoms with Gasteiger partial charge in [0.1, 0.15) is 13.2 Å². The van der Waals surface area contributed by atoms with E-state index in [4.69, 9.17) is 14.6 Å². The van der Waals surface area contributed by atoms with Gasteiger partial charge in [-0.05, 0) is 12.1 Å². The summed E-state index contributed by atoms with van der Waals surface area (Å²) < 4.78 is 11.1. The minimum atomic E-state index is -0.219. The number of amides is 3. The van der Waals surface area contributed by atoms with E-state index in [1.165, 1.54) is 0 Å². The maximum absolute atomic E-state index is 12.5. The van der Waals surface area contributed by atoms with Crippen molar-refractivity contribution >= 4 is 17.6 Å². The van der Waals surface area contributed by atoms with Gasteiger partial charge in [-0.25, -0.2) is 4.79 Å². The molecular formula is C19H26N4O5. The highest BCUT2D eigenvalue weighted by Crippen LogP contribution is 2.35. The predicted molar refractivity (Wildman–Crippen MR) is 102 cm³/mol. The Kier molecular flexibility index (Phi) is 5.54. The van der Waals surface area contributed by atoms with Crippen molar-refractivity contribution in [2.45, 2.75) is 12.5 Å². The number of rotatable bonds is 4. The number of aliphatic hydroxyl groups is 1. The number of carbonyl (C=O) groups is 2. The summed E-state index contributed by atoms with van der Waals surface area (Å²) in [6.07, 6.45) is 0.282. The molecule has 0 bridgehead atoms. The van der Waals surface area contributed by atoms with Crippen LogP contribution in [-0.2, 0) is 4.79 Å². The molecule has 0 spiro atoms. The van der Waals surface area contributed by atoms with Crippen LogP contribution in [-0.4, -0.2) is 92.0 Å². The fraction of sp³-hybridized carbons (Fsp3) is 0.579. The lowest BCUT2D eigenvalue weighted by atomic mass is 10.2. The lowest BCUT2D eigenvalue weighted by Gasteiger charge is -2.34. The monoisotopic (exact) mass is 390 g/mol. The first-order chi connectivity index (χ1) is 13.6. The molecule has 3 aliphatic rings. The number of ether oxygens (including phenoxy) is 2. The lowest BCUT2D eigenvalue weighted by Crippen LogP contribution is -2.54. The molecule has 1 atom stereocenters. The SMILES string of the molecule is O=C(N[C@@H]1CC(=O)N(c2ccc3c(c2)OCCO3)C1)N1CCN(CCO)CC1. The highest BCUT2D eigenvalue weighted by Gasteiger charge is 2.33. The van der Waals surface area contributed by atoms with Crippen LogP contribution in [0.15, 0.2) is 18.2 Å². The van der Waals surface area contributed by atoms with Crippen LogP contribution in [0.2, 0.25) is 0 Å². The summed E-state index contributed by atoms with van der Waals surface area (Å²) in [4.78, 5) is 30.6. The number of hydrogen-bond donors (Lipinski definition) is 2. The molecule has 9 nitrogen and oxygen atoms in total. The molecule has 3 aliphatic heterocycles. The van der Waals surface area contributed by atoms with Gasteiger partial charge in [-0.15, -0.1) is 0 Å². The summed E-state index contributed by atoms with van der Waals surface area (Å²) in [5.41, 5.74) is 0.753. The van der Waals surface area contributed by atoms with Crippen LogP contribution in [0, 0.1) is 0 Å². The Balaban J connectivity index is 1.33. The summed E-state index contributed by atoms with van der Waals surface area (Å²) in [5.74, 6) is 1.31. The number of aliphatic hydroxyl groups excluding tert-OH is 1. The zero-order valence-electron chi connectivity index (χ0n) is 15.8. The van der Waals surface area contributed by atoms with Crippen LogP contribution < -0.4 is 19.7 Å². The molecule has 152 valence electrons. The number of urea groups is 1. The molecule has 2 fully saturated rings. The molecule has 2 N–H and O–H groups in total.